The first-order chi connectivity index (χ1) is 16.2. The van der Waals surface area contributed by atoms with Crippen molar-refractivity contribution in [2.24, 2.45) is 0 Å². The number of anilines is 1. The predicted molar refractivity (Wildman–Crippen MR) is 125 cm³/mol. The first-order valence-electron chi connectivity index (χ1n) is 10.5. The summed E-state index contributed by atoms with van der Waals surface area (Å²) >= 11 is 4.05. The molecule has 2 aromatic rings. The van der Waals surface area contributed by atoms with E-state index < -0.39 is 30.2 Å². The lowest BCUT2D eigenvalue weighted by atomic mass is 10.2. The molecule has 186 valence electrons. The van der Waals surface area contributed by atoms with Crippen LogP contribution in [-0.2, 0) is 22.1 Å². The highest BCUT2D eigenvalue weighted by Crippen LogP contribution is 2.40. The van der Waals surface area contributed by atoms with Crippen LogP contribution >= 0.6 is 27.3 Å². The number of hydrogen-bond acceptors (Lipinski definition) is 7. The fourth-order valence-corrected chi connectivity index (χ4v) is 4.83. The number of pyridine rings is 1. The van der Waals surface area contributed by atoms with Crippen LogP contribution in [0.5, 0.6) is 0 Å². The number of amides is 3. The fraction of sp³-hybridized carbons (Fsp3) is 0.500. The first kappa shape index (κ1) is 26.3. The van der Waals surface area contributed by atoms with Gasteiger partial charge in [0.1, 0.15) is 10.8 Å². The molecule has 3 N–H and O–H groups in total. The number of morpholine rings is 1. The second-order valence-corrected chi connectivity index (χ2v) is 9.24. The Hall–Kier alpha value is -2.29. The summed E-state index contributed by atoms with van der Waals surface area (Å²) < 4.78 is 46.7. The van der Waals surface area contributed by atoms with Crippen molar-refractivity contribution in [3.63, 3.8) is 0 Å². The lowest BCUT2D eigenvalue weighted by Gasteiger charge is -2.26. The van der Waals surface area contributed by atoms with Crippen LogP contribution in [0, 0.1) is 0 Å². The van der Waals surface area contributed by atoms with Crippen LogP contribution in [0.2, 0.25) is 0 Å². The van der Waals surface area contributed by atoms with Gasteiger partial charge in [0.05, 0.1) is 19.6 Å². The number of alkyl halides is 3. The minimum atomic E-state index is -4.72. The number of carbonyl (C=O) groups excluding carboxylic acids is 2. The minimum Gasteiger partial charge on any atom is -0.379 e. The molecule has 0 spiro atoms. The normalized spacial score (nSPS) is 14.6. The summed E-state index contributed by atoms with van der Waals surface area (Å²) in [5, 5.41) is 7.78. The molecular weight excluding hydrogens is 541 g/mol. The standard InChI is InChI=1S/C20H24BrF3N6O3S/c1-2-25-19(32)28-15-9-12(13(21)11-27-15)18-29-17(20(22,23)24)14(34-18)10-16(31)26-3-4-30-5-7-33-8-6-30/h9,11H,2-8,10H2,1H3,(H,26,31)(H2,25,27,28,32). The van der Waals surface area contributed by atoms with Crippen molar-refractivity contribution >= 4 is 45.0 Å². The number of hydrogen-bond donors (Lipinski definition) is 3. The van der Waals surface area contributed by atoms with E-state index in [1.165, 1.54) is 12.3 Å². The van der Waals surface area contributed by atoms with E-state index in [1.807, 2.05) is 0 Å². The molecule has 0 radical (unpaired) electrons. The Bertz CT molecular complexity index is 1010. The van der Waals surface area contributed by atoms with Crippen LogP contribution in [0.1, 0.15) is 17.5 Å². The average molecular weight is 565 g/mol. The van der Waals surface area contributed by atoms with Crippen molar-refractivity contribution in [3.05, 3.63) is 27.3 Å². The number of urea groups is 1. The molecule has 0 atom stereocenters. The maximum Gasteiger partial charge on any atom is 0.434 e. The van der Waals surface area contributed by atoms with Gasteiger partial charge in [-0.1, -0.05) is 0 Å². The molecule has 1 saturated heterocycles. The van der Waals surface area contributed by atoms with Gasteiger partial charge in [0.2, 0.25) is 5.91 Å². The summed E-state index contributed by atoms with van der Waals surface area (Å²) in [5.41, 5.74) is -0.783. The van der Waals surface area contributed by atoms with Crippen molar-refractivity contribution in [1.82, 2.24) is 25.5 Å². The lowest BCUT2D eigenvalue weighted by Crippen LogP contribution is -2.41. The molecule has 0 bridgehead atoms. The number of carbonyl (C=O) groups is 2. The molecule has 34 heavy (non-hydrogen) atoms. The zero-order valence-corrected chi connectivity index (χ0v) is 20.7. The number of rotatable bonds is 8. The van der Waals surface area contributed by atoms with Crippen LogP contribution < -0.4 is 16.0 Å². The van der Waals surface area contributed by atoms with E-state index >= 15 is 0 Å². The molecule has 2 aromatic heterocycles. The van der Waals surface area contributed by atoms with Gasteiger partial charge < -0.3 is 15.4 Å². The van der Waals surface area contributed by atoms with E-state index in [9.17, 15) is 22.8 Å². The predicted octanol–water partition coefficient (Wildman–Crippen LogP) is 3.12. The molecule has 3 heterocycles. The van der Waals surface area contributed by atoms with Gasteiger partial charge >= 0.3 is 12.2 Å². The molecule has 1 aliphatic heterocycles. The van der Waals surface area contributed by atoms with Gasteiger partial charge in [-0.3, -0.25) is 15.0 Å². The van der Waals surface area contributed by atoms with Gasteiger partial charge in [0.25, 0.3) is 0 Å². The van der Waals surface area contributed by atoms with E-state index in [2.05, 4.69) is 46.7 Å². The van der Waals surface area contributed by atoms with Gasteiger partial charge in [-0.05, 0) is 28.9 Å². The third kappa shape index (κ3) is 7.35. The molecule has 1 fully saturated rings. The Morgan fingerprint density at radius 3 is 2.68 bits per heavy atom. The fourth-order valence-electron chi connectivity index (χ4n) is 3.19. The van der Waals surface area contributed by atoms with Crippen LogP contribution in [0.4, 0.5) is 23.8 Å². The molecule has 9 nitrogen and oxygen atoms in total. The number of thiazole rings is 1. The Morgan fingerprint density at radius 1 is 1.26 bits per heavy atom. The highest BCUT2D eigenvalue weighted by atomic mass is 79.9. The minimum absolute atomic E-state index is 0.0525. The highest BCUT2D eigenvalue weighted by Gasteiger charge is 2.38. The zero-order valence-electron chi connectivity index (χ0n) is 18.3. The molecule has 3 rings (SSSR count). The Kier molecular flexibility index (Phi) is 9.22. The smallest absolute Gasteiger partial charge is 0.379 e. The molecule has 14 heteroatoms. The molecule has 0 saturated carbocycles. The van der Waals surface area contributed by atoms with Crippen LogP contribution in [0.3, 0.4) is 0 Å². The van der Waals surface area contributed by atoms with Crippen molar-refractivity contribution in [1.29, 1.82) is 0 Å². The van der Waals surface area contributed by atoms with Gasteiger partial charge in [-0.25, -0.2) is 14.8 Å². The van der Waals surface area contributed by atoms with E-state index in [0.717, 1.165) is 24.4 Å². The van der Waals surface area contributed by atoms with Crippen molar-refractivity contribution in [2.45, 2.75) is 19.5 Å². The Labute approximate surface area is 206 Å². The van der Waals surface area contributed by atoms with Gasteiger partial charge in [-0.15, -0.1) is 11.3 Å². The second kappa shape index (κ2) is 11.9. The molecule has 0 unspecified atom stereocenters. The molecule has 3 amide bonds. The van der Waals surface area contributed by atoms with Crippen LogP contribution in [0.15, 0.2) is 16.7 Å². The molecule has 0 aromatic carbocycles. The number of nitrogens with zero attached hydrogens (tertiary/aromatic N) is 3. The van der Waals surface area contributed by atoms with E-state index in [0.29, 0.717) is 42.9 Å². The van der Waals surface area contributed by atoms with Gasteiger partial charge in [0, 0.05) is 53.8 Å². The summed E-state index contributed by atoms with van der Waals surface area (Å²) in [4.78, 5) is 33.9. The van der Waals surface area contributed by atoms with E-state index in [-0.39, 0.29) is 15.7 Å². The second-order valence-electron chi connectivity index (χ2n) is 7.30. The number of aromatic nitrogens is 2. The Morgan fingerprint density at radius 2 is 2.00 bits per heavy atom. The summed E-state index contributed by atoms with van der Waals surface area (Å²) in [6, 6.07) is 0.928. The number of nitrogens with one attached hydrogen (secondary N) is 3. The largest absolute Gasteiger partial charge is 0.434 e. The third-order valence-electron chi connectivity index (χ3n) is 4.81. The van der Waals surface area contributed by atoms with Gasteiger partial charge in [-0.2, -0.15) is 13.2 Å². The van der Waals surface area contributed by atoms with Crippen molar-refractivity contribution in [3.8, 4) is 10.6 Å². The Balaban J connectivity index is 1.74. The van der Waals surface area contributed by atoms with Gasteiger partial charge in [0.15, 0.2) is 5.69 Å². The maximum absolute atomic E-state index is 13.7. The molecular formula is C20H24BrF3N6O3S. The van der Waals surface area contributed by atoms with E-state index in [1.54, 1.807) is 6.92 Å². The first-order valence-corrected chi connectivity index (χ1v) is 12.1. The maximum atomic E-state index is 13.7. The quantitative estimate of drug-likeness (QED) is 0.454. The van der Waals surface area contributed by atoms with Crippen LogP contribution in [0.25, 0.3) is 10.6 Å². The molecule has 0 aliphatic carbocycles. The number of halogens is 4. The topological polar surface area (TPSA) is 108 Å². The summed E-state index contributed by atoms with van der Waals surface area (Å²) in [6.07, 6.45) is -3.80. The lowest BCUT2D eigenvalue weighted by molar-refractivity contribution is -0.141. The summed E-state index contributed by atoms with van der Waals surface area (Å²) in [6.45, 7) is 5.82. The zero-order chi connectivity index (χ0) is 24.7. The summed E-state index contributed by atoms with van der Waals surface area (Å²) in [5.74, 6) is -0.364. The molecule has 1 aliphatic rings. The third-order valence-corrected chi connectivity index (χ3v) is 6.53. The monoisotopic (exact) mass is 564 g/mol. The highest BCUT2D eigenvalue weighted by molar-refractivity contribution is 9.10. The van der Waals surface area contributed by atoms with E-state index in [4.69, 9.17) is 4.74 Å². The van der Waals surface area contributed by atoms with Crippen LogP contribution in [-0.4, -0.2) is 72.7 Å². The average Bonchev–Trinajstić information content (AvgIpc) is 3.20. The SMILES string of the molecule is CCNC(=O)Nc1cc(-c2nc(C(F)(F)F)c(CC(=O)NCCN3CCOCC3)s2)c(Br)cn1. The summed E-state index contributed by atoms with van der Waals surface area (Å²) in [7, 11) is 0. The van der Waals surface area contributed by atoms with Crippen molar-refractivity contribution < 1.29 is 27.5 Å². The van der Waals surface area contributed by atoms with Crippen molar-refractivity contribution in [2.75, 3.05) is 51.3 Å². The number of ether oxygens (including phenoxy) is 1.